The number of nitrogens with zero attached hydrogens (tertiary/aromatic N) is 1. The van der Waals surface area contributed by atoms with E-state index in [9.17, 15) is 4.79 Å². The predicted octanol–water partition coefficient (Wildman–Crippen LogP) is -1.43. The Morgan fingerprint density at radius 3 is 2.08 bits per heavy atom. The van der Waals surface area contributed by atoms with Crippen molar-refractivity contribution in [3.8, 4) is 0 Å². The molecule has 3 nitrogen and oxygen atoms in total. The van der Waals surface area contributed by atoms with Crippen LogP contribution in [0, 0.1) is 0 Å². The van der Waals surface area contributed by atoms with Crippen molar-refractivity contribution in [3.05, 3.63) is 29.8 Å². The van der Waals surface area contributed by atoms with Gasteiger partial charge in [-0.15, -0.1) is 0 Å². The summed E-state index contributed by atoms with van der Waals surface area (Å²) in [5, 5.41) is 8.60. The molecule has 0 saturated carbocycles. The Bertz CT molecular complexity index is 287. The van der Waals surface area contributed by atoms with Crippen LogP contribution in [0.5, 0.6) is 0 Å². The third-order valence-corrected chi connectivity index (χ3v) is 1.63. The van der Waals surface area contributed by atoms with E-state index in [2.05, 4.69) is 0 Å². The Morgan fingerprint density at radius 1 is 1.31 bits per heavy atom. The summed E-state index contributed by atoms with van der Waals surface area (Å²) in [6, 6.07) is 6.75. The van der Waals surface area contributed by atoms with E-state index in [4.69, 9.17) is 5.11 Å². The molecule has 0 aliphatic rings. The van der Waals surface area contributed by atoms with Crippen molar-refractivity contribution in [2.45, 2.75) is 0 Å². The zero-order valence-corrected chi connectivity index (χ0v) is 8.11. The molecule has 1 aromatic rings. The fraction of sp³-hybridized carbons (Fsp3) is 0.222. The standard InChI is InChI=1S/C9H11NO2.Li.H/c1-10(2)8-5-3-7(4-6-8)9(11)12;;/h3-6H,1-2H3,(H,11,12);;/q;+1;-1. The predicted molar refractivity (Wildman–Crippen MR) is 48.8 cm³/mol. The van der Waals surface area contributed by atoms with Crippen LogP contribution in [0.4, 0.5) is 5.69 Å². The second-order valence-corrected chi connectivity index (χ2v) is 2.75. The van der Waals surface area contributed by atoms with Crippen LogP contribution in [0.2, 0.25) is 0 Å². The molecule has 0 heterocycles. The summed E-state index contributed by atoms with van der Waals surface area (Å²) in [5.74, 6) is -0.889. The van der Waals surface area contributed by atoms with Crippen LogP contribution in [-0.4, -0.2) is 25.2 Å². The van der Waals surface area contributed by atoms with Crippen molar-refractivity contribution in [3.63, 3.8) is 0 Å². The van der Waals surface area contributed by atoms with Gasteiger partial charge in [-0.05, 0) is 24.3 Å². The number of carboxylic acid groups (broad SMARTS) is 1. The number of hydrogen-bond acceptors (Lipinski definition) is 2. The zero-order chi connectivity index (χ0) is 9.14. The van der Waals surface area contributed by atoms with Gasteiger partial charge in [-0.25, -0.2) is 4.79 Å². The molecule has 0 spiro atoms. The molecule has 0 saturated heterocycles. The topological polar surface area (TPSA) is 40.5 Å². The van der Waals surface area contributed by atoms with E-state index >= 15 is 0 Å². The Hall–Kier alpha value is -0.913. The van der Waals surface area contributed by atoms with Gasteiger partial charge in [0.15, 0.2) is 0 Å². The van der Waals surface area contributed by atoms with Gasteiger partial charge < -0.3 is 11.4 Å². The zero-order valence-electron chi connectivity index (χ0n) is 9.11. The summed E-state index contributed by atoms with van der Waals surface area (Å²) in [5.41, 5.74) is 1.32. The van der Waals surface area contributed by atoms with E-state index in [0.29, 0.717) is 5.56 Å². The van der Waals surface area contributed by atoms with Crippen molar-refractivity contribution in [2.75, 3.05) is 19.0 Å². The Morgan fingerprint density at radius 2 is 1.77 bits per heavy atom. The van der Waals surface area contributed by atoms with E-state index in [1.54, 1.807) is 24.3 Å². The summed E-state index contributed by atoms with van der Waals surface area (Å²) < 4.78 is 0. The van der Waals surface area contributed by atoms with Crippen LogP contribution < -0.4 is 23.8 Å². The quantitative estimate of drug-likeness (QED) is 0.557. The van der Waals surface area contributed by atoms with Crippen LogP contribution in [-0.2, 0) is 0 Å². The number of hydrogen-bond donors (Lipinski definition) is 1. The Kier molecular flexibility index (Phi) is 4.61. The Labute approximate surface area is 91.0 Å². The summed E-state index contributed by atoms with van der Waals surface area (Å²) in [7, 11) is 3.82. The number of anilines is 1. The first-order chi connectivity index (χ1) is 5.61. The SMILES string of the molecule is CN(C)c1ccc(C(=O)O)cc1.[H-].[Li+]. The molecule has 0 amide bonds. The molecule has 0 radical (unpaired) electrons. The fourth-order valence-electron chi connectivity index (χ4n) is 0.902. The summed E-state index contributed by atoms with van der Waals surface area (Å²) >= 11 is 0. The smallest absolute Gasteiger partial charge is 1.00 e. The monoisotopic (exact) mass is 173 g/mol. The Balaban J connectivity index is 0. The third-order valence-electron chi connectivity index (χ3n) is 1.63. The van der Waals surface area contributed by atoms with Gasteiger partial charge in [-0.2, -0.15) is 0 Å². The molecule has 0 fully saturated rings. The van der Waals surface area contributed by atoms with E-state index in [0.717, 1.165) is 5.69 Å². The van der Waals surface area contributed by atoms with E-state index in [-0.39, 0.29) is 20.3 Å². The molecule has 0 aliphatic carbocycles. The molecule has 13 heavy (non-hydrogen) atoms. The normalized spacial score (nSPS) is 8.77. The average Bonchev–Trinajstić information content (AvgIpc) is 2.04. The number of carboxylic acids is 1. The van der Waals surface area contributed by atoms with Gasteiger partial charge in [0.05, 0.1) is 5.56 Å². The largest absolute Gasteiger partial charge is 1.00 e. The molecule has 0 aromatic heterocycles. The molecule has 4 heteroatoms. The molecule has 1 N–H and O–H groups in total. The number of benzene rings is 1. The van der Waals surface area contributed by atoms with E-state index in [1.807, 2.05) is 19.0 Å². The molecule has 0 unspecified atom stereocenters. The number of aromatic carboxylic acids is 1. The van der Waals surface area contributed by atoms with Crippen molar-refractivity contribution in [2.24, 2.45) is 0 Å². The van der Waals surface area contributed by atoms with Gasteiger partial charge in [0.1, 0.15) is 0 Å². The summed E-state index contributed by atoms with van der Waals surface area (Å²) in [4.78, 5) is 12.4. The molecule has 66 valence electrons. The maximum atomic E-state index is 10.5. The van der Waals surface area contributed by atoms with Gasteiger partial charge >= 0.3 is 24.8 Å². The van der Waals surface area contributed by atoms with Gasteiger partial charge in [0, 0.05) is 19.8 Å². The van der Waals surface area contributed by atoms with Crippen LogP contribution in [0.25, 0.3) is 0 Å². The van der Waals surface area contributed by atoms with Gasteiger partial charge in [-0.3, -0.25) is 0 Å². The van der Waals surface area contributed by atoms with E-state index in [1.165, 1.54) is 0 Å². The minimum Gasteiger partial charge on any atom is -1.00 e. The third kappa shape index (κ3) is 3.14. The van der Waals surface area contributed by atoms with Crippen LogP contribution in [0.15, 0.2) is 24.3 Å². The first kappa shape index (κ1) is 12.1. The molecule has 0 aliphatic heterocycles. The molecular weight excluding hydrogens is 161 g/mol. The van der Waals surface area contributed by atoms with Crippen molar-refractivity contribution < 1.29 is 30.2 Å². The van der Waals surface area contributed by atoms with Crippen LogP contribution >= 0.6 is 0 Å². The fourth-order valence-corrected chi connectivity index (χ4v) is 0.902. The van der Waals surface area contributed by atoms with Crippen LogP contribution in [0.1, 0.15) is 11.8 Å². The average molecular weight is 173 g/mol. The molecule has 1 rings (SSSR count). The second kappa shape index (κ2) is 4.96. The van der Waals surface area contributed by atoms with Crippen molar-refractivity contribution in [1.82, 2.24) is 0 Å². The maximum absolute atomic E-state index is 10.5. The molecule has 0 atom stereocenters. The van der Waals surface area contributed by atoms with Crippen molar-refractivity contribution >= 4 is 11.7 Å². The molecule has 0 bridgehead atoms. The van der Waals surface area contributed by atoms with E-state index < -0.39 is 5.97 Å². The van der Waals surface area contributed by atoms with Crippen molar-refractivity contribution in [1.29, 1.82) is 0 Å². The van der Waals surface area contributed by atoms with Crippen LogP contribution in [0.3, 0.4) is 0 Å². The maximum Gasteiger partial charge on any atom is 1.00 e. The minimum atomic E-state index is -0.889. The van der Waals surface area contributed by atoms with Gasteiger partial charge in [0.2, 0.25) is 0 Å². The molecule has 1 aromatic carbocycles. The summed E-state index contributed by atoms with van der Waals surface area (Å²) in [6.45, 7) is 0. The van der Waals surface area contributed by atoms with Gasteiger partial charge in [0.25, 0.3) is 0 Å². The number of rotatable bonds is 2. The minimum absolute atomic E-state index is 0. The number of carbonyl (C=O) groups is 1. The first-order valence-electron chi connectivity index (χ1n) is 3.62. The van der Waals surface area contributed by atoms with Gasteiger partial charge in [-0.1, -0.05) is 0 Å². The first-order valence-corrected chi connectivity index (χ1v) is 3.62. The second-order valence-electron chi connectivity index (χ2n) is 2.75. The summed E-state index contributed by atoms with van der Waals surface area (Å²) in [6.07, 6.45) is 0. The molecular formula is C9H12LiNO2.